The summed E-state index contributed by atoms with van der Waals surface area (Å²) in [5.41, 5.74) is 7.10. The van der Waals surface area contributed by atoms with E-state index in [4.69, 9.17) is 9.57 Å². The number of carbonyl (C=O) groups is 1. The van der Waals surface area contributed by atoms with Crippen molar-refractivity contribution in [3.8, 4) is 11.1 Å². The number of pyridine rings is 1. The largest absolute Gasteiger partial charge is 0.350 e. The van der Waals surface area contributed by atoms with E-state index in [0.29, 0.717) is 26.1 Å². The summed E-state index contributed by atoms with van der Waals surface area (Å²) >= 11 is 0. The van der Waals surface area contributed by atoms with E-state index < -0.39 is 26.8 Å². The Kier molecular flexibility index (Phi) is 8.56. The van der Waals surface area contributed by atoms with Crippen LogP contribution in [0.5, 0.6) is 0 Å². The van der Waals surface area contributed by atoms with Gasteiger partial charge in [-0.25, -0.2) is 18.7 Å². The Balaban J connectivity index is 1.33. The summed E-state index contributed by atoms with van der Waals surface area (Å²) in [6.45, 7) is 4.03. The first kappa shape index (κ1) is 26.5. The van der Waals surface area contributed by atoms with Gasteiger partial charge in [-0.15, -0.1) is 0 Å². The standard InChI is InChI=1S/C27H35N3O5S/c1-27(36(2,32)33,26(31)29-35-25-5-3-4-20-34-25)14-19-30-17-12-24(13-18-30)22-8-6-21(7-9-22)23-10-15-28-16-11-23/h6-12,15-16,25H,3-5,13-14,17-20H2,1-2H3,(H,29,31). The van der Waals surface area contributed by atoms with Crippen LogP contribution in [0, 0.1) is 0 Å². The predicted molar refractivity (Wildman–Crippen MR) is 139 cm³/mol. The number of hydroxylamine groups is 1. The highest BCUT2D eigenvalue weighted by Gasteiger charge is 2.44. The summed E-state index contributed by atoms with van der Waals surface area (Å²) in [6.07, 6.45) is 9.95. The number of nitrogens with zero attached hydrogens (tertiary/aromatic N) is 2. The van der Waals surface area contributed by atoms with Gasteiger partial charge in [-0.1, -0.05) is 30.3 Å². The van der Waals surface area contributed by atoms with Crippen LogP contribution in [-0.4, -0.2) is 67.7 Å². The lowest BCUT2D eigenvalue weighted by Gasteiger charge is -2.32. The number of benzene rings is 1. The molecule has 3 heterocycles. The molecule has 1 fully saturated rings. The van der Waals surface area contributed by atoms with Crippen LogP contribution < -0.4 is 5.48 Å². The number of sulfone groups is 1. The van der Waals surface area contributed by atoms with Gasteiger partial charge in [0.2, 0.25) is 0 Å². The first-order valence-electron chi connectivity index (χ1n) is 12.5. The molecule has 1 saturated heterocycles. The lowest BCUT2D eigenvalue weighted by atomic mass is 9.96. The van der Waals surface area contributed by atoms with Crippen LogP contribution in [0.1, 0.15) is 44.6 Å². The van der Waals surface area contributed by atoms with Gasteiger partial charge in [-0.05, 0) is 67.0 Å². The van der Waals surface area contributed by atoms with Gasteiger partial charge in [0, 0.05) is 51.3 Å². The Hall–Kier alpha value is -2.59. The van der Waals surface area contributed by atoms with Crippen molar-refractivity contribution in [3.63, 3.8) is 0 Å². The van der Waals surface area contributed by atoms with Crippen molar-refractivity contribution in [2.75, 3.05) is 32.5 Å². The molecule has 1 N–H and O–H groups in total. The molecule has 194 valence electrons. The zero-order chi connectivity index (χ0) is 25.6. The molecular weight excluding hydrogens is 478 g/mol. The summed E-state index contributed by atoms with van der Waals surface area (Å²) < 4.78 is 29.1. The number of carbonyl (C=O) groups excluding carboxylic acids is 1. The third-order valence-corrected chi connectivity index (χ3v) is 9.21. The lowest BCUT2D eigenvalue weighted by Crippen LogP contribution is -2.52. The highest BCUT2D eigenvalue weighted by Crippen LogP contribution is 2.27. The third-order valence-electron chi connectivity index (χ3n) is 7.19. The van der Waals surface area contributed by atoms with E-state index in [1.54, 1.807) is 12.4 Å². The Morgan fingerprint density at radius 3 is 2.44 bits per heavy atom. The van der Waals surface area contributed by atoms with E-state index in [1.165, 1.54) is 18.1 Å². The molecule has 0 spiro atoms. The average Bonchev–Trinajstić information content (AvgIpc) is 2.91. The minimum absolute atomic E-state index is 0.177. The maximum Gasteiger partial charge on any atom is 0.264 e. The van der Waals surface area contributed by atoms with Crippen LogP contribution in [-0.2, 0) is 24.2 Å². The maximum atomic E-state index is 12.9. The fourth-order valence-corrected chi connectivity index (χ4v) is 5.31. The van der Waals surface area contributed by atoms with Gasteiger partial charge < -0.3 is 4.74 Å². The molecule has 8 nitrogen and oxygen atoms in total. The number of hydrogen-bond donors (Lipinski definition) is 1. The van der Waals surface area contributed by atoms with Gasteiger partial charge >= 0.3 is 0 Å². The van der Waals surface area contributed by atoms with Crippen LogP contribution >= 0.6 is 0 Å². The molecule has 36 heavy (non-hydrogen) atoms. The Labute approximate surface area is 213 Å². The number of hydrogen-bond acceptors (Lipinski definition) is 7. The van der Waals surface area contributed by atoms with Gasteiger partial charge in [0.1, 0.15) is 0 Å². The number of aromatic nitrogens is 1. The van der Waals surface area contributed by atoms with Crippen molar-refractivity contribution >= 4 is 21.3 Å². The summed E-state index contributed by atoms with van der Waals surface area (Å²) in [6, 6.07) is 12.5. The zero-order valence-corrected chi connectivity index (χ0v) is 21.8. The summed E-state index contributed by atoms with van der Waals surface area (Å²) in [7, 11) is -3.68. The van der Waals surface area contributed by atoms with Crippen molar-refractivity contribution in [2.45, 2.75) is 50.1 Å². The monoisotopic (exact) mass is 513 g/mol. The summed E-state index contributed by atoms with van der Waals surface area (Å²) in [4.78, 5) is 24.5. The van der Waals surface area contributed by atoms with E-state index in [9.17, 15) is 13.2 Å². The highest BCUT2D eigenvalue weighted by atomic mass is 32.2. The molecule has 2 aliphatic rings. The van der Waals surface area contributed by atoms with Gasteiger partial charge in [-0.2, -0.15) is 0 Å². The molecule has 0 bridgehead atoms. The molecule has 1 aromatic heterocycles. The molecule has 1 aromatic carbocycles. The Morgan fingerprint density at radius 1 is 1.14 bits per heavy atom. The predicted octanol–water partition coefficient (Wildman–Crippen LogP) is 3.61. The van der Waals surface area contributed by atoms with Gasteiger partial charge in [-0.3, -0.25) is 14.7 Å². The second-order valence-corrected chi connectivity index (χ2v) is 12.1. The molecule has 1 amide bonds. The van der Waals surface area contributed by atoms with E-state index in [-0.39, 0.29) is 6.42 Å². The van der Waals surface area contributed by atoms with Crippen LogP contribution in [0.25, 0.3) is 16.7 Å². The normalized spacial score (nSPS) is 20.8. The van der Waals surface area contributed by atoms with Crippen LogP contribution in [0.2, 0.25) is 0 Å². The van der Waals surface area contributed by atoms with Crippen LogP contribution in [0.4, 0.5) is 0 Å². The first-order chi connectivity index (χ1) is 17.3. The van der Waals surface area contributed by atoms with Crippen molar-refractivity contribution in [3.05, 3.63) is 60.4 Å². The quantitative estimate of drug-likeness (QED) is 0.512. The lowest BCUT2D eigenvalue weighted by molar-refractivity contribution is -0.201. The molecule has 2 unspecified atom stereocenters. The fourth-order valence-electron chi connectivity index (χ4n) is 4.47. The SMILES string of the molecule is CC(CCN1CC=C(c2ccc(-c3ccncc3)cc2)CC1)(C(=O)NOC1CCCCO1)S(C)(=O)=O. The average molecular weight is 514 g/mol. The van der Waals surface area contributed by atoms with Crippen molar-refractivity contribution in [1.82, 2.24) is 15.4 Å². The first-order valence-corrected chi connectivity index (χ1v) is 14.3. The molecular formula is C27H35N3O5S. The van der Waals surface area contributed by atoms with E-state index in [2.05, 4.69) is 45.7 Å². The molecule has 2 aromatic rings. The molecule has 0 saturated carbocycles. The zero-order valence-electron chi connectivity index (χ0n) is 21.0. The number of nitrogens with one attached hydrogen (secondary N) is 1. The molecule has 0 aliphatic carbocycles. The molecule has 4 rings (SSSR count). The molecule has 9 heteroatoms. The Morgan fingerprint density at radius 2 is 1.83 bits per heavy atom. The van der Waals surface area contributed by atoms with Crippen molar-refractivity contribution < 1.29 is 22.8 Å². The van der Waals surface area contributed by atoms with Crippen LogP contribution in [0.3, 0.4) is 0 Å². The minimum atomic E-state index is -3.68. The Bertz CT molecular complexity index is 1160. The van der Waals surface area contributed by atoms with Gasteiger partial charge in [0.25, 0.3) is 5.91 Å². The maximum absolute atomic E-state index is 12.9. The second kappa shape index (κ2) is 11.6. The van der Waals surface area contributed by atoms with E-state index >= 15 is 0 Å². The summed E-state index contributed by atoms with van der Waals surface area (Å²) in [5, 5.41) is 0. The number of ether oxygens (including phenoxy) is 1. The highest BCUT2D eigenvalue weighted by molar-refractivity contribution is 7.92. The van der Waals surface area contributed by atoms with E-state index in [1.807, 2.05) is 12.1 Å². The molecule has 0 radical (unpaired) electrons. The molecule has 2 atom stereocenters. The van der Waals surface area contributed by atoms with Gasteiger partial charge in [0.05, 0.1) is 0 Å². The van der Waals surface area contributed by atoms with Crippen molar-refractivity contribution in [2.24, 2.45) is 0 Å². The van der Waals surface area contributed by atoms with Crippen LogP contribution in [0.15, 0.2) is 54.9 Å². The smallest absolute Gasteiger partial charge is 0.264 e. The summed E-state index contributed by atoms with van der Waals surface area (Å²) in [5.74, 6) is -0.651. The van der Waals surface area contributed by atoms with Crippen molar-refractivity contribution in [1.29, 1.82) is 0 Å². The second-order valence-electron chi connectivity index (χ2n) is 9.69. The molecule has 2 aliphatic heterocycles. The third kappa shape index (κ3) is 6.39. The fraction of sp³-hybridized carbons (Fsp3) is 0.481. The number of amides is 1. The van der Waals surface area contributed by atoms with E-state index in [0.717, 1.165) is 43.2 Å². The topological polar surface area (TPSA) is 97.8 Å². The van der Waals surface area contributed by atoms with Gasteiger partial charge in [0.15, 0.2) is 20.9 Å². The number of rotatable bonds is 9. The minimum Gasteiger partial charge on any atom is -0.350 e.